The predicted molar refractivity (Wildman–Crippen MR) is 89.8 cm³/mol. The highest BCUT2D eigenvalue weighted by atomic mass is 16.5. The predicted octanol–water partition coefficient (Wildman–Crippen LogP) is 1.19. The zero-order valence-electron chi connectivity index (χ0n) is 14.2. The normalized spacial score (nSPS) is 15.2. The summed E-state index contributed by atoms with van der Waals surface area (Å²) in [4.78, 5) is 48.3. The number of urea groups is 1. The smallest absolute Gasteiger partial charge is 0.338 e. The molecule has 8 heteroatoms. The van der Waals surface area contributed by atoms with Gasteiger partial charge in [0, 0.05) is 18.7 Å². The number of nitrogens with zero attached hydrogens (tertiary/aromatic N) is 1. The van der Waals surface area contributed by atoms with Crippen molar-refractivity contribution >= 4 is 29.5 Å². The molecule has 2 rings (SSSR count). The molecule has 0 radical (unpaired) electrons. The summed E-state index contributed by atoms with van der Waals surface area (Å²) in [5.74, 6) is -1.75. The van der Waals surface area contributed by atoms with Crippen LogP contribution in [-0.4, -0.2) is 36.5 Å². The molecular weight excluding hydrogens is 326 g/mol. The van der Waals surface area contributed by atoms with E-state index in [1.165, 1.54) is 12.1 Å². The van der Waals surface area contributed by atoms with Crippen LogP contribution in [0.2, 0.25) is 0 Å². The topological polar surface area (TPSA) is 119 Å². The van der Waals surface area contributed by atoms with Crippen LogP contribution >= 0.6 is 0 Å². The number of carbonyl (C=O) groups is 4. The number of primary amides is 1. The van der Waals surface area contributed by atoms with Crippen LogP contribution in [0, 0.1) is 5.92 Å². The molecule has 25 heavy (non-hydrogen) atoms. The van der Waals surface area contributed by atoms with E-state index in [0.717, 1.165) is 6.42 Å². The van der Waals surface area contributed by atoms with Gasteiger partial charge in [0.1, 0.15) is 0 Å². The molecule has 8 nitrogen and oxygen atoms in total. The summed E-state index contributed by atoms with van der Waals surface area (Å²) in [6.45, 7) is 4.02. The Labute approximate surface area is 145 Å². The Morgan fingerprint density at radius 2 is 1.84 bits per heavy atom. The molecule has 134 valence electrons. The van der Waals surface area contributed by atoms with E-state index in [1.54, 1.807) is 30.9 Å². The molecule has 0 bridgehead atoms. The van der Waals surface area contributed by atoms with Gasteiger partial charge in [0.2, 0.25) is 5.91 Å². The zero-order valence-corrected chi connectivity index (χ0v) is 14.2. The van der Waals surface area contributed by atoms with Crippen molar-refractivity contribution in [1.82, 2.24) is 5.32 Å². The molecule has 1 aromatic rings. The Morgan fingerprint density at radius 1 is 1.20 bits per heavy atom. The quantitative estimate of drug-likeness (QED) is 0.776. The molecule has 4 amide bonds. The Balaban J connectivity index is 2.07. The first-order valence-corrected chi connectivity index (χ1v) is 8.01. The average Bonchev–Trinajstić information content (AvgIpc) is 2.97. The number of amides is 4. The van der Waals surface area contributed by atoms with Gasteiger partial charge in [-0.1, -0.05) is 13.8 Å². The van der Waals surface area contributed by atoms with Gasteiger partial charge in [0.15, 0.2) is 6.10 Å². The van der Waals surface area contributed by atoms with Crippen LogP contribution in [0.4, 0.5) is 10.5 Å². The number of rotatable bonds is 5. The van der Waals surface area contributed by atoms with Crippen molar-refractivity contribution in [3.63, 3.8) is 0 Å². The Morgan fingerprint density at radius 3 is 2.32 bits per heavy atom. The lowest BCUT2D eigenvalue weighted by molar-refractivity contribution is -0.130. The number of imide groups is 1. The van der Waals surface area contributed by atoms with Crippen molar-refractivity contribution in [2.75, 3.05) is 11.4 Å². The van der Waals surface area contributed by atoms with Gasteiger partial charge in [-0.2, -0.15) is 0 Å². The maximum Gasteiger partial charge on any atom is 0.338 e. The number of hydrogen-bond acceptors (Lipinski definition) is 5. The highest BCUT2D eigenvalue weighted by molar-refractivity contribution is 5.99. The van der Waals surface area contributed by atoms with Gasteiger partial charge < -0.3 is 15.4 Å². The summed E-state index contributed by atoms with van der Waals surface area (Å²) in [5, 5.41) is 1.91. The van der Waals surface area contributed by atoms with E-state index < -0.39 is 24.0 Å². The number of anilines is 1. The van der Waals surface area contributed by atoms with Crippen LogP contribution < -0.4 is 16.0 Å². The molecular formula is C17H21N3O5. The largest absolute Gasteiger partial charge is 0.448 e. The second-order valence-corrected chi connectivity index (χ2v) is 6.12. The minimum atomic E-state index is -1.14. The summed E-state index contributed by atoms with van der Waals surface area (Å²) in [7, 11) is 0. The number of nitrogens with one attached hydrogen (secondary N) is 1. The lowest BCUT2D eigenvalue weighted by atomic mass is 10.1. The van der Waals surface area contributed by atoms with Crippen molar-refractivity contribution < 1.29 is 23.9 Å². The van der Waals surface area contributed by atoms with E-state index >= 15 is 0 Å². The van der Waals surface area contributed by atoms with Crippen LogP contribution in [0.25, 0.3) is 0 Å². The van der Waals surface area contributed by atoms with Crippen LogP contribution in [0.15, 0.2) is 24.3 Å². The van der Waals surface area contributed by atoms with Crippen LogP contribution in [0.5, 0.6) is 0 Å². The van der Waals surface area contributed by atoms with Crippen molar-refractivity contribution in [2.24, 2.45) is 11.7 Å². The fourth-order valence-corrected chi connectivity index (χ4v) is 2.57. The van der Waals surface area contributed by atoms with E-state index in [9.17, 15) is 19.2 Å². The number of hydrogen-bond donors (Lipinski definition) is 2. The minimum Gasteiger partial charge on any atom is -0.448 e. The van der Waals surface area contributed by atoms with Crippen molar-refractivity contribution in [3.8, 4) is 0 Å². The van der Waals surface area contributed by atoms with Gasteiger partial charge in [-0.25, -0.2) is 9.59 Å². The molecule has 0 aliphatic carbocycles. The fourth-order valence-electron chi connectivity index (χ4n) is 2.57. The van der Waals surface area contributed by atoms with E-state index in [-0.39, 0.29) is 17.4 Å². The molecule has 0 aromatic heterocycles. The first kappa shape index (κ1) is 18.4. The van der Waals surface area contributed by atoms with Gasteiger partial charge in [-0.15, -0.1) is 0 Å². The summed E-state index contributed by atoms with van der Waals surface area (Å²) in [6, 6.07) is 5.38. The van der Waals surface area contributed by atoms with E-state index in [1.807, 2.05) is 5.32 Å². The van der Waals surface area contributed by atoms with Crippen LogP contribution in [-0.2, 0) is 14.3 Å². The molecule has 3 N–H and O–H groups in total. The molecule has 1 aliphatic heterocycles. The standard InChI is InChI=1S/C17H21N3O5/c1-10(2)14(15(22)19-17(18)24)25-16(23)11-5-7-12(8-6-11)20-9-3-4-13(20)21/h5-8,10,14H,3-4,9H2,1-2H3,(H3,18,19,22,24)/t14-/m0/s1. The number of nitrogens with two attached hydrogens (primary N) is 1. The average molecular weight is 347 g/mol. The van der Waals surface area contributed by atoms with Crippen molar-refractivity contribution in [3.05, 3.63) is 29.8 Å². The number of esters is 1. The van der Waals surface area contributed by atoms with Crippen LogP contribution in [0.1, 0.15) is 37.0 Å². The molecule has 1 aliphatic rings. The maximum absolute atomic E-state index is 12.2. The maximum atomic E-state index is 12.2. The third-order valence-corrected chi connectivity index (χ3v) is 3.83. The van der Waals surface area contributed by atoms with Gasteiger partial charge in [0.05, 0.1) is 5.56 Å². The number of benzene rings is 1. The highest BCUT2D eigenvalue weighted by Crippen LogP contribution is 2.22. The number of carbonyl (C=O) groups excluding carboxylic acids is 4. The third kappa shape index (κ3) is 4.56. The van der Waals surface area contributed by atoms with Gasteiger partial charge in [0.25, 0.3) is 5.91 Å². The molecule has 1 heterocycles. The van der Waals surface area contributed by atoms with Crippen molar-refractivity contribution in [2.45, 2.75) is 32.8 Å². The SMILES string of the molecule is CC(C)[C@H](OC(=O)c1ccc(N2CCCC2=O)cc1)C(=O)NC(N)=O. The van der Waals surface area contributed by atoms with E-state index in [2.05, 4.69) is 0 Å². The molecule has 1 fully saturated rings. The van der Waals surface area contributed by atoms with Crippen molar-refractivity contribution in [1.29, 1.82) is 0 Å². The zero-order chi connectivity index (χ0) is 18.6. The summed E-state index contributed by atoms with van der Waals surface area (Å²) >= 11 is 0. The fraction of sp³-hybridized carbons (Fsp3) is 0.412. The molecule has 1 aromatic carbocycles. The number of ether oxygens (including phenoxy) is 1. The van der Waals surface area contributed by atoms with E-state index in [0.29, 0.717) is 18.7 Å². The molecule has 0 spiro atoms. The highest BCUT2D eigenvalue weighted by Gasteiger charge is 2.28. The Kier molecular flexibility index (Phi) is 5.74. The van der Waals surface area contributed by atoms with E-state index in [4.69, 9.17) is 10.5 Å². The van der Waals surface area contributed by atoms with Gasteiger partial charge in [-0.05, 0) is 36.6 Å². The lowest BCUT2D eigenvalue weighted by Gasteiger charge is -2.20. The summed E-state index contributed by atoms with van der Waals surface area (Å²) < 4.78 is 5.21. The Hall–Kier alpha value is -2.90. The van der Waals surface area contributed by atoms with Gasteiger partial charge >= 0.3 is 12.0 Å². The minimum absolute atomic E-state index is 0.0540. The first-order chi connectivity index (χ1) is 11.8. The first-order valence-electron chi connectivity index (χ1n) is 8.01. The molecule has 0 unspecified atom stereocenters. The van der Waals surface area contributed by atoms with Crippen LogP contribution in [0.3, 0.4) is 0 Å². The second-order valence-electron chi connectivity index (χ2n) is 6.12. The lowest BCUT2D eigenvalue weighted by Crippen LogP contribution is -2.45. The monoisotopic (exact) mass is 347 g/mol. The summed E-state index contributed by atoms with van der Waals surface area (Å²) in [5.41, 5.74) is 5.87. The third-order valence-electron chi connectivity index (χ3n) is 3.83. The Bertz CT molecular complexity index is 684. The molecule has 0 saturated carbocycles. The molecule has 1 saturated heterocycles. The summed E-state index contributed by atoms with van der Waals surface area (Å²) in [6.07, 6.45) is 0.197. The second kappa shape index (κ2) is 7.78. The van der Waals surface area contributed by atoms with Gasteiger partial charge in [-0.3, -0.25) is 14.9 Å². The molecule has 1 atom stereocenters.